The highest BCUT2D eigenvalue weighted by Crippen LogP contribution is 2.43. The van der Waals surface area contributed by atoms with Crippen molar-refractivity contribution in [3.05, 3.63) is 135 Å². The molecule has 0 aliphatic carbocycles. The first-order valence-corrected chi connectivity index (χ1v) is 15.3. The van der Waals surface area contributed by atoms with Gasteiger partial charge in [0, 0.05) is 12.6 Å². The largest absolute Gasteiger partial charge is 0.500 e. The predicted octanol–water partition coefficient (Wildman–Crippen LogP) is 9.12. The maximum atomic E-state index is 6.56. The zero-order chi connectivity index (χ0) is 29.9. The fourth-order valence-electron chi connectivity index (χ4n) is 6.04. The van der Waals surface area contributed by atoms with Gasteiger partial charge in [-0.15, -0.1) is 0 Å². The highest BCUT2D eigenvalue weighted by Gasteiger charge is 2.35. The number of rotatable bonds is 9. The highest BCUT2D eigenvalue weighted by atomic mass is 35.5. The second kappa shape index (κ2) is 12.9. The summed E-state index contributed by atoms with van der Waals surface area (Å²) in [5.74, 6) is 3.05. The molecule has 0 saturated carbocycles. The van der Waals surface area contributed by atoms with Gasteiger partial charge in [-0.3, -0.25) is 4.90 Å². The summed E-state index contributed by atoms with van der Waals surface area (Å²) in [6, 6.07) is 28.7. The number of fused-ring (bicyclic) bond motifs is 2. The molecule has 4 aromatic rings. The van der Waals surface area contributed by atoms with Gasteiger partial charge in [-0.2, -0.15) is 0 Å². The maximum Gasteiger partial charge on any atom is 0.162 e. The van der Waals surface area contributed by atoms with Crippen molar-refractivity contribution in [1.82, 2.24) is 4.90 Å². The molecule has 3 atom stereocenters. The van der Waals surface area contributed by atoms with E-state index in [0.29, 0.717) is 23.3 Å². The first-order chi connectivity index (χ1) is 20.9. The molecule has 43 heavy (non-hydrogen) atoms. The lowest BCUT2D eigenvalue weighted by Crippen LogP contribution is -2.44. The normalized spacial score (nSPS) is 18.4. The van der Waals surface area contributed by atoms with Crippen molar-refractivity contribution in [3.8, 4) is 17.2 Å². The zero-order valence-electron chi connectivity index (χ0n) is 24.4. The van der Waals surface area contributed by atoms with Gasteiger partial charge in [-0.25, -0.2) is 0 Å². The van der Waals surface area contributed by atoms with E-state index in [1.54, 1.807) is 13.2 Å². The van der Waals surface area contributed by atoms with Gasteiger partial charge in [0.05, 0.1) is 23.2 Å². The van der Waals surface area contributed by atoms with Gasteiger partial charge in [0.15, 0.2) is 17.6 Å². The lowest BCUT2D eigenvalue weighted by molar-refractivity contribution is 0.0812. The standard InChI is InChI=1S/C36H35Cl2NO4/c1-4-32(25-9-6-5-7-10-25)39-20-28-19-35-34(18-27(28)17-33(39)23(2)40-3)42-22-36(43-35)26-11-8-12-29(16-26)41-21-24-13-14-30(37)31(38)15-24/h5-16,18-19,32-33,36H,2,4,17,20-22H2,1,3H3/t32-,33?,36?/m0/s1. The van der Waals surface area contributed by atoms with Crippen LogP contribution in [0.4, 0.5) is 0 Å². The Balaban J connectivity index is 1.21. The smallest absolute Gasteiger partial charge is 0.162 e. The van der Waals surface area contributed by atoms with Crippen molar-refractivity contribution in [2.75, 3.05) is 13.7 Å². The summed E-state index contributed by atoms with van der Waals surface area (Å²) < 4.78 is 24.6. The third-order valence-corrected chi connectivity index (χ3v) is 9.06. The number of benzene rings is 4. The minimum atomic E-state index is -0.257. The van der Waals surface area contributed by atoms with Gasteiger partial charge in [0.2, 0.25) is 0 Å². The molecule has 0 aromatic heterocycles. The Morgan fingerprint density at radius 2 is 1.77 bits per heavy atom. The summed E-state index contributed by atoms with van der Waals surface area (Å²) in [6.45, 7) is 8.05. The quantitative estimate of drug-likeness (QED) is 0.176. The van der Waals surface area contributed by atoms with Crippen LogP contribution in [0.15, 0.2) is 97.3 Å². The second-order valence-corrected chi connectivity index (χ2v) is 11.8. The summed E-state index contributed by atoms with van der Waals surface area (Å²) in [5, 5.41) is 1.04. The van der Waals surface area contributed by atoms with Crippen LogP contribution in [0.2, 0.25) is 10.0 Å². The third kappa shape index (κ3) is 6.35. The van der Waals surface area contributed by atoms with E-state index in [4.69, 9.17) is 42.1 Å². The second-order valence-electron chi connectivity index (χ2n) is 11.0. The number of halogens is 2. The van der Waals surface area contributed by atoms with Crippen molar-refractivity contribution in [2.45, 2.75) is 51.1 Å². The van der Waals surface area contributed by atoms with Crippen LogP contribution >= 0.6 is 23.2 Å². The summed E-state index contributed by atoms with van der Waals surface area (Å²) in [5.41, 5.74) is 5.69. The molecule has 2 unspecified atom stereocenters. The van der Waals surface area contributed by atoms with Gasteiger partial charge in [-0.1, -0.05) is 85.2 Å². The molecule has 0 radical (unpaired) electrons. The van der Waals surface area contributed by atoms with Crippen molar-refractivity contribution in [2.24, 2.45) is 0 Å². The van der Waals surface area contributed by atoms with E-state index in [-0.39, 0.29) is 18.2 Å². The Hall–Kier alpha value is -3.64. The lowest BCUT2D eigenvalue weighted by atomic mass is 9.89. The Bertz CT molecular complexity index is 1610. The Morgan fingerprint density at radius 3 is 2.53 bits per heavy atom. The van der Waals surface area contributed by atoms with E-state index >= 15 is 0 Å². The average Bonchev–Trinajstić information content (AvgIpc) is 3.04. The summed E-state index contributed by atoms with van der Waals surface area (Å²) in [7, 11) is 1.71. The molecule has 7 heteroatoms. The van der Waals surface area contributed by atoms with E-state index in [1.807, 2.05) is 36.4 Å². The van der Waals surface area contributed by atoms with Crippen LogP contribution in [0.3, 0.4) is 0 Å². The molecule has 222 valence electrons. The monoisotopic (exact) mass is 615 g/mol. The molecule has 0 fully saturated rings. The van der Waals surface area contributed by atoms with Crippen LogP contribution in [0.1, 0.15) is 53.3 Å². The molecule has 2 aliphatic rings. The van der Waals surface area contributed by atoms with Crippen molar-refractivity contribution in [3.63, 3.8) is 0 Å². The maximum absolute atomic E-state index is 6.56. The van der Waals surface area contributed by atoms with E-state index in [1.165, 1.54) is 16.7 Å². The van der Waals surface area contributed by atoms with Crippen LogP contribution in [0.25, 0.3) is 0 Å². The fraction of sp³-hybridized carbons (Fsp3) is 0.278. The Kier molecular flexibility index (Phi) is 8.85. The minimum absolute atomic E-state index is 0.0598. The molecule has 5 nitrogen and oxygen atoms in total. The molecule has 0 spiro atoms. The first kappa shape index (κ1) is 29.4. The SMILES string of the molecule is C=C(OC)C1Cc2cc3c(cc2CN1[C@@H](CC)c1ccccc1)OC(c1cccc(OCc2ccc(Cl)c(Cl)c2)c1)CO3. The van der Waals surface area contributed by atoms with Crippen molar-refractivity contribution < 1.29 is 18.9 Å². The average molecular weight is 617 g/mol. The first-order valence-electron chi connectivity index (χ1n) is 14.6. The fourth-order valence-corrected chi connectivity index (χ4v) is 6.36. The van der Waals surface area contributed by atoms with Crippen LogP contribution in [-0.2, 0) is 24.3 Å². The van der Waals surface area contributed by atoms with Gasteiger partial charge >= 0.3 is 0 Å². The van der Waals surface area contributed by atoms with E-state index in [2.05, 4.69) is 60.9 Å². The van der Waals surface area contributed by atoms with E-state index < -0.39 is 0 Å². The molecular weight excluding hydrogens is 581 g/mol. The van der Waals surface area contributed by atoms with Crippen LogP contribution in [-0.4, -0.2) is 24.7 Å². The van der Waals surface area contributed by atoms with E-state index in [9.17, 15) is 0 Å². The minimum Gasteiger partial charge on any atom is -0.500 e. The number of nitrogens with zero attached hydrogens (tertiary/aromatic N) is 1. The molecule has 6 rings (SSSR count). The lowest BCUT2D eigenvalue weighted by Gasteiger charge is -2.42. The number of hydrogen-bond donors (Lipinski definition) is 0. The topological polar surface area (TPSA) is 40.2 Å². The van der Waals surface area contributed by atoms with Crippen LogP contribution in [0.5, 0.6) is 17.2 Å². The van der Waals surface area contributed by atoms with Gasteiger partial charge in [0.1, 0.15) is 24.7 Å². The van der Waals surface area contributed by atoms with Crippen molar-refractivity contribution >= 4 is 23.2 Å². The van der Waals surface area contributed by atoms with Crippen LogP contribution in [0, 0.1) is 0 Å². The predicted molar refractivity (Wildman–Crippen MR) is 171 cm³/mol. The molecule has 2 aliphatic heterocycles. The molecule has 2 heterocycles. The number of hydrogen-bond acceptors (Lipinski definition) is 5. The van der Waals surface area contributed by atoms with E-state index in [0.717, 1.165) is 53.5 Å². The zero-order valence-corrected chi connectivity index (χ0v) is 25.9. The molecular formula is C36H35Cl2NO4. The third-order valence-electron chi connectivity index (χ3n) is 8.32. The Morgan fingerprint density at radius 1 is 0.953 bits per heavy atom. The number of ether oxygens (including phenoxy) is 4. The number of methoxy groups -OCH3 is 1. The Labute approximate surface area is 263 Å². The summed E-state index contributed by atoms with van der Waals surface area (Å²) >= 11 is 12.2. The highest BCUT2D eigenvalue weighted by molar-refractivity contribution is 6.42. The molecule has 4 aromatic carbocycles. The molecule has 0 saturated heterocycles. The molecule has 0 bridgehead atoms. The molecule has 0 amide bonds. The summed E-state index contributed by atoms with van der Waals surface area (Å²) in [6.07, 6.45) is 1.51. The van der Waals surface area contributed by atoms with Gasteiger partial charge in [-0.05, 0) is 77.1 Å². The summed E-state index contributed by atoms with van der Waals surface area (Å²) in [4.78, 5) is 2.51. The van der Waals surface area contributed by atoms with Gasteiger partial charge in [0.25, 0.3) is 0 Å². The molecule has 0 N–H and O–H groups in total. The van der Waals surface area contributed by atoms with Crippen molar-refractivity contribution in [1.29, 1.82) is 0 Å². The van der Waals surface area contributed by atoms with Crippen LogP contribution < -0.4 is 14.2 Å². The van der Waals surface area contributed by atoms with Gasteiger partial charge < -0.3 is 18.9 Å².